The summed E-state index contributed by atoms with van der Waals surface area (Å²) in [7, 11) is 0. The summed E-state index contributed by atoms with van der Waals surface area (Å²) in [4.78, 5) is 21.0. The topological polar surface area (TPSA) is 36.4 Å². The Morgan fingerprint density at radius 1 is 1.24 bits per heavy atom. The molecule has 3 heterocycles. The summed E-state index contributed by atoms with van der Waals surface area (Å²) < 4.78 is 0. The first kappa shape index (κ1) is 14.8. The molecule has 0 aliphatic carbocycles. The van der Waals surface area contributed by atoms with Gasteiger partial charge in [0.15, 0.2) is 0 Å². The van der Waals surface area contributed by atoms with Gasteiger partial charge in [-0.05, 0) is 56.8 Å². The highest BCUT2D eigenvalue weighted by Gasteiger charge is 2.26. The van der Waals surface area contributed by atoms with E-state index >= 15 is 0 Å². The number of nitrogens with zero attached hydrogens (tertiary/aromatic N) is 3. The molecule has 0 N–H and O–H groups in total. The van der Waals surface area contributed by atoms with Crippen LogP contribution in [0.2, 0.25) is 5.02 Å². The summed E-state index contributed by atoms with van der Waals surface area (Å²) in [5.74, 6) is 0.747. The molecule has 21 heavy (non-hydrogen) atoms. The van der Waals surface area contributed by atoms with Gasteiger partial charge in [0.1, 0.15) is 5.69 Å². The minimum Gasteiger partial charge on any atom is -0.337 e. The molecule has 0 spiro atoms. The largest absolute Gasteiger partial charge is 0.337 e. The number of rotatable bonds is 3. The molecule has 0 atom stereocenters. The first-order valence-electron chi connectivity index (χ1n) is 7.85. The van der Waals surface area contributed by atoms with Crippen LogP contribution in [0.5, 0.6) is 0 Å². The molecule has 5 heteroatoms. The molecule has 114 valence electrons. The molecule has 1 aromatic heterocycles. The van der Waals surface area contributed by atoms with Crippen molar-refractivity contribution in [3.63, 3.8) is 0 Å². The Hall–Kier alpha value is -1.13. The van der Waals surface area contributed by atoms with E-state index in [0.29, 0.717) is 10.7 Å². The van der Waals surface area contributed by atoms with Crippen LogP contribution in [0.25, 0.3) is 0 Å². The van der Waals surface area contributed by atoms with Crippen molar-refractivity contribution < 1.29 is 4.79 Å². The van der Waals surface area contributed by atoms with Gasteiger partial charge in [-0.1, -0.05) is 11.6 Å². The van der Waals surface area contributed by atoms with E-state index in [2.05, 4.69) is 9.88 Å². The van der Waals surface area contributed by atoms with Gasteiger partial charge >= 0.3 is 0 Å². The Morgan fingerprint density at radius 2 is 1.95 bits per heavy atom. The van der Waals surface area contributed by atoms with Crippen LogP contribution in [-0.2, 0) is 0 Å². The van der Waals surface area contributed by atoms with Gasteiger partial charge < -0.3 is 9.80 Å². The van der Waals surface area contributed by atoms with Crippen LogP contribution in [0, 0.1) is 5.92 Å². The molecular weight excluding hydrogens is 286 g/mol. The maximum Gasteiger partial charge on any atom is 0.272 e. The summed E-state index contributed by atoms with van der Waals surface area (Å²) in [6, 6.07) is 3.35. The normalized spacial score (nSPS) is 20.9. The SMILES string of the molecule is O=C(c1cc(Cl)ccn1)N1CCC(CN2CCCC2)CC1. The third-order valence-electron chi connectivity index (χ3n) is 4.56. The number of likely N-dealkylation sites (tertiary alicyclic amines) is 2. The molecule has 0 aromatic carbocycles. The molecule has 0 unspecified atom stereocenters. The lowest BCUT2D eigenvalue weighted by atomic mass is 9.96. The number of amides is 1. The van der Waals surface area contributed by atoms with E-state index in [9.17, 15) is 4.79 Å². The third kappa shape index (κ3) is 3.74. The van der Waals surface area contributed by atoms with Crippen LogP contribution in [0.4, 0.5) is 0 Å². The van der Waals surface area contributed by atoms with Crippen molar-refractivity contribution in [1.29, 1.82) is 0 Å². The molecule has 4 nitrogen and oxygen atoms in total. The lowest BCUT2D eigenvalue weighted by Gasteiger charge is -2.33. The molecule has 0 saturated carbocycles. The Bertz CT molecular complexity index is 494. The first-order valence-corrected chi connectivity index (χ1v) is 8.23. The Kier molecular flexibility index (Phi) is 4.76. The second-order valence-corrected chi connectivity index (χ2v) is 6.54. The number of carbonyl (C=O) groups is 1. The van der Waals surface area contributed by atoms with Crippen LogP contribution < -0.4 is 0 Å². The summed E-state index contributed by atoms with van der Waals surface area (Å²) >= 11 is 5.93. The molecule has 2 aliphatic heterocycles. The van der Waals surface area contributed by atoms with Crippen molar-refractivity contribution in [3.8, 4) is 0 Å². The van der Waals surface area contributed by atoms with Crippen LogP contribution in [0.15, 0.2) is 18.3 Å². The zero-order valence-electron chi connectivity index (χ0n) is 12.3. The lowest BCUT2D eigenvalue weighted by molar-refractivity contribution is 0.0667. The predicted molar refractivity (Wildman–Crippen MR) is 83.5 cm³/mol. The van der Waals surface area contributed by atoms with E-state index < -0.39 is 0 Å². The Morgan fingerprint density at radius 3 is 2.62 bits per heavy atom. The average molecular weight is 308 g/mol. The smallest absolute Gasteiger partial charge is 0.272 e. The van der Waals surface area contributed by atoms with Crippen molar-refractivity contribution in [2.24, 2.45) is 5.92 Å². The highest BCUT2D eigenvalue weighted by atomic mass is 35.5. The zero-order chi connectivity index (χ0) is 14.7. The average Bonchev–Trinajstić information content (AvgIpc) is 3.00. The fourth-order valence-corrected chi connectivity index (χ4v) is 3.49. The summed E-state index contributed by atoms with van der Waals surface area (Å²) in [5.41, 5.74) is 0.459. The fourth-order valence-electron chi connectivity index (χ4n) is 3.33. The Balaban J connectivity index is 1.52. The van der Waals surface area contributed by atoms with E-state index in [1.807, 2.05) is 4.90 Å². The third-order valence-corrected chi connectivity index (χ3v) is 4.79. The number of piperidine rings is 1. The summed E-state index contributed by atoms with van der Waals surface area (Å²) in [5, 5.41) is 0.567. The van der Waals surface area contributed by atoms with Gasteiger partial charge in [0, 0.05) is 30.9 Å². The molecule has 2 aliphatic rings. The molecule has 2 saturated heterocycles. The molecular formula is C16H22ClN3O. The number of pyridine rings is 1. The molecule has 3 rings (SSSR count). The van der Waals surface area contributed by atoms with E-state index in [1.54, 1.807) is 18.3 Å². The molecule has 1 amide bonds. The zero-order valence-corrected chi connectivity index (χ0v) is 13.1. The second-order valence-electron chi connectivity index (χ2n) is 6.10. The summed E-state index contributed by atoms with van der Waals surface area (Å²) in [6.07, 6.45) is 6.48. The van der Waals surface area contributed by atoms with Gasteiger partial charge in [0.25, 0.3) is 5.91 Å². The van der Waals surface area contributed by atoms with Gasteiger partial charge in [-0.2, -0.15) is 0 Å². The quantitative estimate of drug-likeness (QED) is 0.861. The fraction of sp³-hybridized carbons (Fsp3) is 0.625. The number of hydrogen-bond donors (Lipinski definition) is 0. The standard InChI is InChI=1S/C16H22ClN3O/c17-14-3-6-18-15(11-14)16(21)20-9-4-13(5-10-20)12-19-7-1-2-8-19/h3,6,11,13H,1-2,4-5,7-10,12H2. The number of halogens is 1. The lowest BCUT2D eigenvalue weighted by Crippen LogP contribution is -2.41. The van der Waals surface area contributed by atoms with Crippen LogP contribution in [-0.4, -0.2) is 53.4 Å². The molecule has 2 fully saturated rings. The van der Waals surface area contributed by atoms with Gasteiger partial charge in [0.2, 0.25) is 0 Å². The minimum absolute atomic E-state index is 0.0112. The second kappa shape index (κ2) is 6.75. The minimum atomic E-state index is 0.0112. The molecule has 0 radical (unpaired) electrons. The maximum atomic E-state index is 12.4. The van der Waals surface area contributed by atoms with Crippen molar-refractivity contribution in [2.45, 2.75) is 25.7 Å². The van der Waals surface area contributed by atoms with Crippen LogP contribution >= 0.6 is 11.6 Å². The van der Waals surface area contributed by atoms with E-state index in [0.717, 1.165) is 31.8 Å². The van der Waals surface area contributed by atoms with Crippen molar-refractivity contribution in [2.75, 3.05) is 32.7 Å². The predicted octanol–water partition coefficient (Wildman–Crippen LogP) is 2.68. The van der Waals surface area contributed by atoms with Gasteiger partial charge in [-0.25, -0.2) is 0 Å². The van der Waals surface area contributed by atoms with Crippen LogP contribution in [0.1, 0.15) is 36.2 Å². The van der Waals surface area contributed by atoms with Gasteiger partial charge in [-0.3, -0.25) is 9.78 Å². The summed E-state index contributed by atoms with van der Waals surface area (Å²) in [6.45, 7) is 5.39. The van der Waals surface area contributed by atoms with Gasteiger partial charge in [0.05, 0.1) is 0 Å². The van der Waals surface area contributed by atoms with E-state index in [4.69, 9.17) is 11.6 Å². The number of carbonyl (C=O) groups excluding carboxylic acids is 1. The molecule has 1 aromatic rings. The first-order chi connectivity index (χ1) is 10.2. The van der Waals surface area contributed by atoms with Crippen LogP contribution in [0.3, 0.4) is 0 Å². The Labute approximate surface area is 131 Å². The number of aromatic nitrogens is 1. The van der Waals surface area contributed by atoms with Gasteiger partial charge in [-0.15, -0.1) is 0 Å². The number of hydrogen-bond acceptors (Lipinski definition) is 3. The van der Waals surface area contributed by atoms with Crippen molar-refractivity contribution >= 4 is 17.5 Å². The monoisotopic (exact) mass is 307 g/mol. The van der Waals surface area contributed by atoms with E-state index in [1.165, 1.54) is 32.5 Å². The van der Waals surface area contributed by atoms with E-state index in [-0.39, 0.29) is 5.91 Å². The molecule has 0 bridgehead atoms. The highest BCUT2D eigenvalue weighted by molar-refractivity contribution is 6.30. The van der Waals surface area contributed by atoms with Crippen molar-refractivity contribution in [3.05, 3.63) is 29.0 Å². The maximum absolute atomic E-state index is 12.4. The highest BCUT2D eigenvalue weighted by Crippen LogP contribution is 2.22. The van der Waals surface area contributed by atoms with Crippen molar-refractivity contribution in [1.82, 2.24) is 14.8 Å².